The average molecular weight is 381 g/mol. The molecule has 3 aromatic rings. The molecule has 0 spiro atoms. The summed E-state index contributed by atoms with van der Waals surface area (Å²) < 4.78 is 38.3. The van der Waals surface area contributed by atoms with E-state index in [1.807, 2.05) is 0 Å². The molecule has 0 aliphatic carbocycles. The number of alkyl halides is 3. The molecule has 1 heterocycles. The first-order valence-electron chi connectivity index (χ1n) is 7.47. The van der Waals surface area contributed by atoms with Crippen LogP contribution in [0.25, 0.3) is 10.9 Å². The summed E-state index contributed by atoms with van der Waals surface area (Å²) in [6, 6.07) is 7.22. The van der Waals surface area contributed by atoms with Gasteiger partial charge in [0, 0.05) is 22.3 Å². The Balaban J connectivity index is 1.98. The van der Waals surface area contributed by atoms with Crippen LogP contribution in [0.15, 0.2) is 47.4 Å². The number of pyridine rings is 1. The van der Waals surface area contributed by atoms with Crippen molar-refractivity contribution >= 4 is 34.1 Å². The second kappa shape index (κ2) is 6.49. The van der Waals surface area contributed by atoms with Gasteiger partial charge in [-0.2, -0.15) is 13.2 Å². The predicted octanol–water partition coefficient (Wildman–Crippen LogP) is 4.76. The lowest BCUT2D eigenvalue weighted by Gasteiger charge is -2.10. The number of anilines is 1. The van der Waals surface area contributed by atoms with Gasteiger partial charge < -0.3 is 10.3 Å². The molecule has 26 heavy (non-hydrogen) atoms. The average Bonchev–Trinajstić information content (AvgIpc) is 2.58. The second-order valence-corrected chi connectivity index (χ2v) is 6.07. The van der Waals surface area contributed by atoms with E-state index < -0.39 is 23.1 Å². The summed E-state index contributed by atoms with van der Waals surface area (Å²) >= 11 is 6.01. The minimum absolute atomic E-state index is 0.0587. The fourth-order valence-corrected chi connectivity index (χ4v) is 2.71. The summed E-state index contributed by atoms with van der Waals surface area (Å²) in [7, 11) is 0. The van der Waals surface area contributed by atoms with Crippen LogP contribution in [-0.2, 0) is 6.18 Å². The number of nitrogens with one attached hydrogen (secondary N) is 2. The molecule has 0 fully saturated rings. The molecule has 0 aliphatic rings. The van der Waals surface area contributed by atoms with Crippen LogP contribution in [0, 0.1) is 6.92 Å². The van der Waals surface area contributed by atoms with Gasteiger partial charge in [-0.25, -0.2) is 0 Å². The maximum atomic E-state index is 12.8. The molecule has 0 aliphatic heterocycles. The summed E-state index contributed by atoms with van der Waals surface area (Å²) in [6.45, 7) is 1.73. The number of carbonyl (C=O) groups is 1. The van der Waals surface area contributed by atoms with Crippen molar-refractivity contribution in [1.82, 2.24) is 4.98 Å². The molecule has 2 aromatic carbocycles. The van der Waals surface area contributed by atoms with Gasteiger partial charge >= 0.3 is 6.18 Å². The molecule has 0 saturated carbocycles. The van der Waals surface area contributed by atoms with Crippen molar-refractivity contribution in [3.63, 3.8) is 0 Å². The van der Waals surface area contributed by atoms with Crippen molar-refractivity contribution in [1.29, 1.82) is 0 Å². The maximum Gasteiger partial charge on any atom is 0.416 e. The number of benzene rings is 2. The molecule has 3 rings (SSSR count). The van der Waals surface area contributed by atoms with Crippen LogP contribution in [-0.4, -0.2) is 10.9 Å². The van der Waals surface area contributed by atoms with Crippen molar-refractivity contribution in [2.75, 3.05) is 5.32 Å². The van der Waals surface area contributed by atoms with Crippen LogP contribution >= 0.6 is 11.6 Å². The zero-order valence-electron chi connectivity index (χ0n) is 13.4. The first kappa shape index (κ1) is 18.0. The first-order valence-corrected chi connectivity index (χ1v) is 7.85. The van der Waals surface area contributed by atoms with Gasteiger partial charge in [0.25, 0.3) is 5.91 Å². The summed E-state index contributed by atoms with van der Waals surface area (Å²) in [5.74, 6) is -0.805. The van der Waals surface area contributed by atoms with Crippen molar-refractivity contribution in [3.05, 3.63) is 74.5 Å². The number of aryl methyl sites for hydroxylation is 1. The smallest absolute Gasteiger partial charge is 0.360 e. The van der Waals surface area contributed by atoms with E-state index in [-0.39, 0.29) is 16.6 Å². The minimum atomic E-state index is -4.53. The molecule has 8 heteroatoms. The van der Waals surface area contributed by atoms with Gasteiger partial charge in [-0.15, -0.1) is 0 Å². The fraction of sp³-hybridized carbons (Fsp3) is 0.111. The molecule has 1 aromatic heterocycles. The second-order valence-electron chi connectivity index (χ2n) is 5.66. The quantitative estimate of drug-likeness (QED) is 0.673. The van der Waals surface area contributed by atoms with Crippen molar-refractivity contribution in [3.8, 4) is 0 Å². The van der Waals surface area contributed by atoms with Gasteiger partial charge in [0.15, 0.2) is 0 Å². The highest BCUT2D eigenvalue weighted by molar-refractivity contribution is 6.32. The van der Waals surface area contributed by atoms with Crippen LogP contribution in [0.1, 0.15) is 21.5 Å². The highest BCUT2D eigenvalue weighted by Gasteiger charge is 2.30. The van der Waals surface area contributed by atoms with Crippen LogP contribution in [0.4, 0.5) is 18.9 Å². The Morgan fingerprint density at radius 1 is 1.19 bits per heavy atom. The molecule has 2 N–H and O–H groups in total. The predicted molar refractivity (Wildman–Crippen MR) is 93.7 cm³/mol. The standard InChI is InChI=1S/C18H12ClF3N2O2/c1-9-14(19)6-5-12-15(9)23-8-13(16(12)25)17(26)24-11-4-2-3-10(7-11)18(20,21)22/h2-8H,1H3,(H,23,25)(H,24,26). The number of hydrogen-bond acceptors (Lipinski definition) is 2. The van der Waals surface area contributed by atoms with Crippen LogP contribution in [0.2, 0.25) is 5.02 Å². The van der Waals surface area contributed by atoms with Gasteiger partial charge in [0.2, 0.25) is 5.43 Å². The van der Waals surface area contributed by atoms with Gasteiger partial charge in [0.1, 0.15) is 5.56 Å². The third kappa shape index (κ3) is 3.30. The lowest BCUT2D eigenvalue weighted by Crippen LogP contribution is -2.22. The number of aromatic nitrogens is 1. The maximum absolute atomic E-state index is 12.8. The Hall–Kier alpha value is -2.80. The Morgan fingerprint density at radius 2 is 1.92 bits per heavy atom. The Morgan fingerprint density at radius 3 is 2.62 bits per heavy atom. The van der Waals surface area contributed by atoms with E-state index in [1.54, 1.807) is 13.0 Å². The Kier molecular flexibility index (Phi) is 4.50. The van der Waals surface area contributed by atoms with Gasteiger partial charge in [-0.05, 0) is 42.8 Å². The normalized spacial score (nSPS) is 11.6. The lowest BCUT2D eigenvalue weighted by atomic mass is 10.1. The number of halogens is 4. The number of amides is 1. The van der Waals surface area contributed by atoms with Gasteiger partial charge in [-0.3, -0.25) is 9.59 Å². The largest absolute Gasteiger partial charge is 0.416 e. The van der Waals surface area contributed by atoms with Crippen molar-refractivity contribution in [2.45, 2.75) is 13.1 Å². The third-order valence-corrected chi connectivity index (χ3v) is 4.35. The van der Waals surface area contributed by atoms with Gasteiger partial charge in [-0.1, -0.05) is 17.7 Å². The topological polar surface area (TPSA) is 62.0 Å². The summed E-state index contributed by atoms with van der Waals surface area (Å²) in [4.78, 5) is 27.7. The minimum Gasteiger partial charge on any atom is -0.360 e. The van der Waals surface area contributed by atoms with E-state index in [0.717, 1.165) is 12.1 Å². The molecule has 134 valence electrons. The van der Waals surface area contributed by atoms with Crippen molar-refractivity contribution in [2.24, 2.45) is 0 Å². The van der Waals surface area contributed by atoms with Crippen LogP contribution in [0.5, 0.6) is 0 Å². The number of rotatable bonds is 2. The highest BCUT2D eigenvalue weighted by atomic mass is 35.5. The number of hydrogen-bond donors (Lipinski definition) is 2. The van der Waals surface area contributed by atoms with E-state index >= 15 is 0 Å². The molecule has 4 nitrogen and oxygen atoms in total. The van der Waals surface area contributed by atoms with E-state index in [4.69, 9.17) is 11.6 Å². The van der Waals surface area contributed by atoms with Crippen molar-refractivity contribution < 1.29 is 18.0 Å². The highest BCUT2D eigenvalue weighted by Crippen LogP contribution is 2.30. The monoisotopic (exact) mass is 380 g/mol. The van der Waals surface area contributed by atoms with Gasteiger partial charge in [0.05, 0.1) is 11.1 Å². The number of aromatic amines is 1. The zero-order chi connectivity index (χ0) is 19.1. The van der Waals surface area contributed by atoms with Crippen LogP contribution < -0.4 is 10.7 Å². The molecule has 0 radical (unpaired) electrons. The van der Waals surface area contributed by atoms with E-state index in [9.17, 15) is 22.8 Å². The number of fused-ring (bicyclic) bond motifs is 1. The fourth-order valence-electron chi connectivity index (χ4n) is 2.56. The number of carbonyl (C=O) groups excluding carboxylic acids is 1. The molecule has 1 amide bonds. The van der Waals surface area contributed by atoms with Crippen LogP contribution in [0.3, 0.4) is 0 Å². The first-order chi connectivity index (χ1) is 12.2. The summed E-state index contributed by atoms with van der Waals surface area (Å²) in [5.41, 5.74) is -0.548. The summed E-state index contributed by atoms with van der Waals surface area (Å²) in [5, 5.41) is 3.05. The van der Waals surface area contributed by atoms with E-state index in [1.165, 1.54) is 24.4 Å². The molecular formula is C18H12ClF3N2O2. The summed E-state index contributed by atoms with van der Waals surface area (Å²) in [6.07, 6.45) is -3.31. The SMILES string of the molecule is Cc1c(Cl)ccc2c(=O)c(C(=O)Nc3cccc(C(F)(F)F)c3)c[nH]c12. The molecule has 0 atom stereocenters. The van der Waals surface area contributed by atoms with E-state index in [0.29, 0.717) is 16.1 Å². The molecule has 0 unspecified atom stereocenters. The third-order valence-electron chi connectivity index (χ3n) is 3.94. The zero-order valence-corrected chi connectivity index (χ0v) is 14.1. The molecule has 0 saturated heterocycles. The Labute approximate surface area is 150 Å². The molecular weight excluding hydrogens is 369 g/mol. The molecule has 0 bridgehead atoms. The number of H-pyrrole nitrogens is 1. The Bertz CT molecular complexity index is 1070. The lowest BCUT2D eigenvalue weighted by molar-refractivity contribution is -0.137. The van der Waals surface area contributed by atoms with E-state index in [2.05, 4.69) is 10.3 Å².